The lowest BCUT2D eigenvalue weighted by atomic mass is 9.90. The van der Waals surface area contributed by atoms with Crippen LogP contribution in [0.5, 0.6) is 0 Å². The number of fused-ring (bicyclic) bond motifs is 3. The van der Waals surface area contributed by atoms with Crippen molar-refractivity contribution < 1.29 is 4.74 Å². The summed E-state index contributed by atoms with van der Waals surface area (Å²) in [7, 11) is 0. The second kappa shape index (κ2) is 7.03. The molecule has 0 saturated carbocycles. The second-order valence-corrected chi connectivity index (χ2v) is 7.36. The minimum absolute atomic E-state index is 0. The molecular weight excluding hydrogens is 360 g/mol. The van der Waals surface area contributed by atoms with Crippen LogP contribution in [-0.2, 0) is 4.74 Å². The first-order valence-corrected chi connectivity index (χ1v) is 9.46. The van der Waals surface area contributed by atoms with Crippen LogP contribution in [0.25, 0.3) is 16.7 Å². The molecule has 2 aliphatic rings. The van der Waals surface area contributed by atoms with Crippen LogP contribution in [0.4, 0.5) is 5.82 Å². The molecule has 4 heterocycles. The number of nitriles is 1. The zero-order chi connectivity index (χ0) is 17.7. The molecule has 0 amide bonds. The van der Waals surface area contributed by atoms with Gasteiger partial charge in [-0.15, -0.1) is 12.4 Å². The number of hydrogen-bond acceptors (Lipinski definition) is 4. The van der Waals surface area contributed by atoms with Crippen LogP contribution >= 0.6 is 12.4 Å². The molecule has 1 atom stereocenters. The summed E-state index contributed by atoms with van der Waals surface area (Å²) in [6.07, 6.45) is 3.41. The second-order valence-electron chi connectivity index (χ2n) is 7.36. The van der Waals surface area contributed by atoms with Gasteiger partial charge in [-0.05, 0) is 49.4 Å². The van der Waals surface area contributed by atoms with Gasteiger partial charge < -0.3 is 9.64 Å². The first kappa shape index (κ1) is 18.1. The summed E-state index contributed by atoms with van der Waals surface area (Å²) in [4.78, 5) is 7.33. The van der Waals surface area contributed by atoms with Crippen molar-refractivity contribution in [2.45, 2.75) is 32.1 Å². The van der Waals surface area contributed by atoms with Gasteiger partial charge in [-0.25, -0.2) is 4.98 Å². The predicted molar refractivity (Wildman–Crippen MR) is 109 cm³/mol. The zero-order valence-electron chi connectivity index (χ0n) is 15.4. The van der Waals surface area contributed by atoms with Crippen LogP contribution in [0.15, 0.2) is 24.3 Å². The Hall–Kier alpha value is -2.29. The Morgan fingerprint density at radius 2 is 2.00 bits per heavy atom. The lowest BCUT2D eigenvalue weighted by molar-refractivity contribution is 0.194. The van der Waals surface area contributed by atoms with Gasteiger partial charge in [0.05, 0.1) is 23.2 Å². The molecule has 2 aliphatic heterocycles. The highest BCUT2D eigenvalue weighted by Gasteiger charge is 2.30. The van der Waals surface area contributed by atoms with Crippen molar-refractivity contribution in [1.82, 2.24) is 9.38 Å². The van der Waals surface area contributed by atoms with Crippen LogP contribution in [0.1, 0.15) is 41.9 Å². The van der Waals surface area contributed by atoms with Crippen LogP contribution in [-0.4, -0.2) is 35.7 Å². The molecule has 140 valence electrons. The van der Waals surface area contributed by atoms with Crippen molar-refractivity contribution in [3.05, 3.63) is 41.0 Å². The highest BCUT2D eigenvalue weighted by Crippen LogP contribution is 2.39. The highest BCUT2D eigenvalue weighted by atomic mass is 35.5. The van der Waals surface area contributed by atoms with E-state index in [9.17, 15) is 5.26 Å². The number of anilines is 1. The molecule has 1 unspecified atom stereocenters. The number of aromatic nitrogens is 2. The van der Waals surface area contributed by atoms with E-state index in [-0.39, 0.29) is 18.3 Å². The van der Waals surface area contributed by atoms with E-state index in [0.29, 0.717) is 6.61 Å². The van der Waals surface area contributed by atoms with Gasteiger partial charge >= 0.3 is 0 Å². The van der Waals surface area contributed by atoms with Gasteiger partial charge in [0.2, 0.25) is 0 Å². The van der Waals surface area contributed by atoms with E-state index in [1.54, 1.807) is 0 Å². The molecule has 1 aromatic carbocycles. The third-order valence-electron chi connectivity index (χ3n) is 5.86. The quantitative estimate of drug-likeness (QED) is 0.666. The fourth-order valence-electron chi connectivity index (χ4n) is 4.69. The topological polar surface area (TPSA) is 53.6 Å². The van der Waals surface area contributed by atoms with E-state index in [2.05, 4.69) is 28.4 Å². The van der Waals surface area contributed by atoms with Crippen LogP contribution in [0.2, 0.25) is 0 Å². The molecule has 2 aromatic heterocycles. The summed E-state index contributed by atoms with van der Waals surface area (Å²) in [6, 6.07) is 10.7. The van der Waals surface area contributed by atoms with Crippen LogP contribution in [0.3, 0.4) is 0 Å². The minimum Gasteiger partial charge on any atom is -0.381 e. The van der Waals surface area contributed by atoms with Gasteiger partial charge in [0.25, 0.3) is 0 Å². The molecule has 2 fully saturated rings. The van der Waals surface area contributed by atoms with E-state index >= 15 is 0 Å². The normalized spacial score (nSPS) is 19.6. The van der Waals surface area contributed by atoms with Crippen molar-refractivity contribution in [3.63, 3.8) is 0 Å². The summed E-state index contributed by atoms with van der Waals surface area (Å²) in [5.41, 5.74) is 5.91. The summed E-state index contributed by atoms with van der Waals surface area (Å²) in [6.45, 7) is 5.78. The maximum atomic E-state index is 10.0. The molecule has 2 saturated heterocycles. The van der Waals surface area contributed by atoms with E-state index in [1.807, 2.05) is 18.2 Å². The van der Waals surface area contributed by atoms with E-state index in [1.165, 1.54) is 24.2 Å². The molecule has 0 spiro atoms. The van der Waals surface area contributed by atoms with Gasteiger partial charge in [-0.1, -0.05) is 12.1 Å². The average molecular weight is 383 g/mol. The zero-order valence-corrected chi connectivity index (χ0v) is 16.3. The molecule has 0 N–H and O–H groups in total. The lowest BCUT2D eigenvalue weighted by Crippen LogP contribution is -2.23. The fraction of sp³-hybridized carbons (Fsp3) is 0.429. The first-order chi connectivity index (χ1) is 12.8. The number of hydrogen-bond donors (Lipinski definition) is 0. The summed E-state index contributed by atoms with van der Waals surface area (Å²) in [5, 5.41) is 10.0. The van der Waals surface area contributed by atoms with Crippen molar-refractivity contribution in [3.8, 4) is 6.07 Å². The molecule has 3 aromatic rings. The molecule has 5 rings (SSSR count). The smallest absolute Gasteiger partial charge is 0.157 e. The van der Waals surface area contributed by atoms with E-state index < -0.39 is 0 Å². The number of para-hydroxylation sites is 2. The highest BCUT2D eigenvalue weighted by molar-refractivity contribution is 5.86. The maximum absolute atomic E-state index is 10.0. The standard InChI is InChI=1S/C21H22N4O.ClH/c1-14-19(15-8-11-26-13-15)16(12-22)20-23-17-6-2-3-7-18(17)25(20)21(14)24-9-4-5-10-24;/h2-3,6-7,15H,4-5,8-11,13H2,1H3;1H. The number of rotatable bonds is 2. The number of imidazole rings is 1. The maximum Gasteiger partial charge on any atom is 0.157 e. The molecule has 5 nitrogen and oxygen atoms in total. The van der Waals surface area contributed by atoms with E-state index in [4.69, 9.17) is 9.72 Å². The van der Waals surface area contributed by atoms with Crippen LogP contribution in [0, 0.1) is 18.3 Å². The lowest BCUT2D eigenvalue weighted by Gasteiger charge is -2.26. The van der Waals surface area contributed by atoms with Crippen molar-refractivity contribution in [2.75, 3.05) is 31.2 Å². The third kappa shape index (κ3) is 2.67. The molecule has 0 bridgehead atoms. The Morgan fingerprint density at radius 3 is 2.70 bits per heavy atom. The first-order valence-electron chi connectivity index (χ1n) is 9.46. The van der Waals surface area contributed by atoms with Crippen molar-refractivity contribution >= 4 is 34.9 Å². The summed E-state index contributed by atoms with van der Waals surface area (Å²) < 4.78 is 7.87. The van der Waals surface area contributed by atoms with Crippen molar-refractivity contribution in [2.24, 2.45) is 0 Å². The molecular formula is C21H23ClN4O. The molecule has 6 heteroatoms. The van der Waals surface area contributed by atoms with Gasteiger partial charge in [-0.2, -0.15) is 5.26 Å². The number of ether oxygens (including phenoxy) is 1. The van der Waals surface area contributed by atoms with E-state index in [0.717, 1.165) is 53.9 Å². The van der Waals surface area contributed by atoms with Gasteiger partial charge in [0.1, 0.15) is 11.9 Å². The third-order valence-corrected chi connectivity index (χ3v) is 5.86. The predicted octanol–water partition coefficient (Wildman–Crippen LogP) is 4.19. The SMILES string of the molecule is Cc1c(C2CCOC2)c(C#N)c2nc3ccccc3n2c1N1CCCC1.Cl. The summed E-state index contributed by atoms with van der Waals surface area (Å²) >= 11 is 0. The number of pyridine rings is 1. The van der Waals surface area contributed by atoms with Gasteiger partial charge in [0.15, 0.2) is 5.65 Å². The number of nitrogens with zero attached hydrogens (tertiary/aromatic N) is 4. The Labute approximate surface area is 165 Å². The van der Waals surface area contributed by atoms with Gasteiger partial charge in [0, 0.05) is 25.6 Å². The summed E-state index contributed by atoms with van der Waals surface area (Å²) in [5.74, 6) is 1.50. The molecule has 27 heavy (non-hydrogen) atoms. The van der Waals surface area contributed by atoms with Crippen LogP contribution < -0.4 is 4.90 Å². The Morgan fingerprint density at radius 1 is 1.22 bits per heavy atom. The number of halogens is 1. The average Bonchev–Trinajstić information content (AvgIpc) is 3.41. The molecule has 0 aliphatic carbocycles. The monoisotopic (exact) mass is 382 g/mol. The number of benzene rings is 1. The van der Waals surface area contributed by atoms with Crippen molar-refractivity contribution in [1.29, 1.82) is 5.26 Å². The fourth-order valence-corrected chi connectivity index (χ4v) is 4.69. The van der Waals surface area contributed by atoms with Gasteiger partial charge in [-0.3, -0.25) is 4.40 Å². The molecule has 0 radical (unpaired) electrons. The Kier molecular flexibility index (Phi) is 4.71. The largest absolute Gasteiger partial charge is 0.381 e. The minimum atomic E-state index is 0. The Balaban J connectivity index is 0.00000180. The Bertz CT molecular complexity index is 1040.